The van der Waals surface area contributed by atoms with Crippen molar-refractivity contribution in [3.63, 3.8) is 0 Å². The first kappa shape index (κ1) is 49.6. The summed E-state index contributed by atoms with van der Waals surface area (Å²) in [6, 6.07) is 9.66. The molecule has 8 aromatic carbocycles. The molecule has 0 unspecified atom stereocenters. The topological polar surface area (TPSA) is 13.1 Å². The van der Waals surface area contributed by atoms with Gasteiger partial charge in [-0.3, -0.25) is 0 Å². The van der Waals surface area contributed by atoms with Gasteiger partial charge in [0, 0.05) is 10.8 Å². The van der Waals surface area contributed by atoms with E-state index in [0.717, 1.165) is 11.2 Å². The molecule has 9 aromatic rings. The highest BCUT2D eigenvalue weighted by molar-refractivity contribution is 6.75. The van der Waals surface area contributed by atoms with E-state index in [9.17, 15) is 0 Å². The van der Waals surface area contributed by atoms with Gasteiger partial charge in [-0.15, -0.1) is 43.7 Å². The van der Waals surface area contributed by atoms with Crippen molar-refractivity contribution in [3.8, 4) is 44.5 Å². The Hall–Kier alpha value is -4.36. The van der Waals surface area contributed by atoms with Crippen molar-refractivity contribution in [1.29, 1.82) is 0 Å². The summed E-state index contributed by atoms with van der Waals surface area (Å²) in [5, 5.41) is 8.12. The van der Waals surface area contributed by atoms with Gasteiger partial charge in [-0.05, 0) is 66.1 Å². The quantitative estimate of drug-likeness (QED) is 0.127. The molecule has 306 valence electrons. The number of hydrogen-bond donors (Lipinski definition) is 0. The first-order chi connectivity index (χ1) is 32.3. The molecule has 0 radical (unpaired) electrons. The molecule has 0 amide bonds. The van der Waals surface area contributed by atoms with E-state index >= 15 is 0 Å². The van der Waals surface area contributed by atoms with Gasteiger partial charge < -0.3 is 4.42 Å². The Bertz CT molecular complexity index is 3740. The maximum Gasteiger partial charge on any atom is 0.143 e. The van der Waals surface area contributed by atoms with E-state index in [4.69, 9.17) is 4.42 Å². The molecule has 0 N–H and O–H groups in total. The van der Waals surface area contributed by atoms with Crippen LogP contribution in [0.2, 0.25) is 0 Å². The van der Waals surface area contributed by atoms with E-state index in [1.54, 1.807) is 0 Å². The molecule has 1 heterocycles. The molecule has 0 atom stereocenters. The molecule has 0 aliphatic heterocycles. The first-order valence-electron chi connectivity index (χ1n) is 25.5. The summed E-state index contributed by atoms with van der Waals surface area (Å²) >= 11 is 0. The van der Waals surface area contributed by atoms with Gasteiger partial charge in [-0.1, -0.05) is 112 Å². The SMILES string of the molecule is Bc1c(B)c(B)c(-c2ccc(-c3c4c(B)c(B)c(B)c(B)c4c(-c4c(B)c(B)c(-c5c(B)c(B)c6oc7c(B)c(B)c(B)c(B)c7c6c5B)c(B)c4B)c4c(B)c(B)c(B)c(B)c34)cc2)c(B)c1B. The molecule has 0 aliphatic rings. The number of fused-ring (bicyclic) bond motifs is 5. The summed E-state index contributed by atoms with van der Waals surface area (Å²) in [6.07, 6.45) is 0. The van der Waals surface area contributed by atoms with Crippen molar-refractivity contribution in [1.82, 2.24) is 0 Å². The predicted octanol–water partition coefficient (Wildman–Crippen LogP) is -29.2. The first-order valence-corrected chi connectivity index (χ1v) is 25.5. The molecule has 0 bridgehead atoms. The Balaban J connectivity index is 1.43. The Labute approximate surface area is 433 Å². The van der Waals surface area contributed by atoms with Gasteiger partial charge in [0.15, 0.2) is 0 Å². The van der Waals surface area contributed by atoms with Crippen LogP contribution in [0.3, 0.4) is 0 Å². The van der Waals surface area contributed by atoms with Crippen LogP contribution in [0.25, 0.3) is 88.0 Å². The molecule has 0 spiro atoms. The predicted molar refractivity (Wildman–Crippen MR) is 387 cm³/mol. The molecule has 9 rings (SSSR count). The van der Waals surface area contributed by atoms with Crippen LogP contribution in [-0.4, -0.2) is 188 Å². The fourth-order valence-electron chi connectivity index (χ4n) is 13.2. The van der Waals surface area contributed by atoms with Gasteiger partial charge in [0.1, 0.15) is 199 Å². The third-order valence-corrected chi connectivity index (χ3v) is 19.3. The molecule has 0 aliphatic carbocycles. The smallest absolute Gasteiger partial charge is 0.143 e. The van der Waals surface area contributed by atoms with Gasteiger partial charge in [-0.25, -0.2) is 0 Å². The fraction of sp³-hybridized carbons (Fsp3) is 0. The summed E-state index contributed by atoms with van der Waals surface area (Å²) in [4.78, 5) is 0. The van der Waals surface area contributed by atoms with Crippen LogP contribution in [0.5, 0.6) is 0 Å². The fourth-order valence-corrected chi connectivity index (χ4v) is 13.2. The van der Waals surface area contributed by atoms with E-state index in [1.807, 2.05) is 0 Å². The van der Waals surface area contributed by atoms with E-state index in [0.29, 0.717) is 0 Å². The van der Waals surface area contributed by atoms with Crippen LogP contribution in [0.15, 0.2) is 28.7 Å². The molecule has 0 saturated carbocycles. The lowest BCUT2D eigenvalue weighted by atomic mass is 9.56. The number of benzene rings is 8. The number of rotatable bonds is 4. The Morgan fingerprint density at radius 2 is 0.391 bits per heavy atom. The second kappa shape index (κ2) is 17.2. The molecular weight excluding hydrogens is 804 g/mol. The van der Waals surface area contributed by atoms with E-state index in [1.165, 1.54) is 208 Å². The maximum atomic E-state index is 6.92. The minimum atomic E-state index is 1.03. The molecule has 0 fully saturated rings. The number of furan rings is 1. The molecule has 25 heteroatoms. The second-order valence-electron chi connectivity index (χ2n) is 21.8. The van der Waals surface area contributed by atoms with Crippen LogP contribution < -0.4 is 131 Å². The van der Waals surface area contributed by atoms with Crippen molar-refractivity contribution in [2.75, 3.05) is 0 Å². The Morgan fingerprint density at radius 3 is 0.783 bits per heavy atom. The van der Waals surface area contributed by atoms with Crippen molar-refractivity contribution in [2.45, 2.75) is 0 Å². The third kappa shape index (κ3) is 6.72. The highest BCUT2D eigenvalue weighted by Gasteiger charge is 2.30. The minimum Gasteiger partial charge on any atom is -0.457 e. The van der Waals surface area contributed by atoms with Crippen molar-refractivity contribution >= 4 is 363 Å². The molecule has 69 heavy (non-hydrogen) atoms. The van der Waals surface area contributed by atoms with Gasteiger partial charge in [0.2, 0.25) is 0 Å². The largest absolute Gasteiger partial charge is 0.457 e. The van der Waals surface area contributed by atoms with E-state index in [-0.39, 0.29) is 0 Å². The van der Waals surface area contributed by atoms with Gasteiger partial charge >= 0.3 is 0 Å². The van der Waals surface area contributed by atoms with Crippen LogP contribution in [0.1, 0.15) is 0 Å². The van der Waals surface area contributed by atoms with Crippen LogP contribution >= 0.6 is 0 Å². The average molecular weight is 856 g/mol. The summed E-state index contributed by atoms with van der Waals surface area (Å²) in [7, 11) is 56.0. The van der Waals surface area contributed by atoms with Crippen molar-refractivity contribution in [2.24, 2.45) is 0 Å². The third-order valence-electron chi connectivity index (χ3n) is 19.3. The molecular formula is C44H52B24O. The second-order valence-corrected chi connectivity index (χ2v) is 21.8. The van der Waals surface area contributed by atoms with Crippen LogP contribution in [-0.2, 0) is 0 Å². The zero-order valence-electron chi connectivity index (χ0n) is 46.7. The van der Waals surface area contributed by atoms with Crippen molar-refractivity contribution < 1.29 is 4.42 Å². The number of hydrogen-bond acceptors (Lipinski definition) is 1. The Morgan fingerprint density at radius 1 is 0.174 bits per heavy atom. The Kier molecular flexibility index (Phi) is 12.3. The van der Waals surface area contributed by atoms with Gasteiger partial charge in [-0.2, -0.15) is 0 Å². The van der Waals surface area contributed by atoms with Gasteiger partial charge in [0.05, 0.1) is 0 Å². The highest BCUT2D eigenvalue weighted by atomic mass is 16.3. The summed E-state index contributed by atoms with van der Waals surface area (Å²) in [5.74, 6) is 0. The zero-order valence-corrected chi connectivity index (χ0v) is 46.7. The summed E-state index contributed by atoms with van der Waals surface area (Å²) in [5.41, 5.74) is 45.4. The highest BCUT2D eigenvalue weighted by Crippen LogP contribution is 2.40. The zero-order chi connectivity index (χ0) is 50.6. The van der Waals surface area contributed by atoms with Crippen LogP contribution in [0.4, 0.5) is 0 Å². The van der Waals surface area contributed by atoms with Gasteiger partial charge in [0.25, 0.3) is 0 Å². The van der Waals surface area contributed by atoms with E-state index < -0.39 is 0 Å². The lowest BCUT2D eigenvalue weighted by molar-refractivity contribution is 0.675. The van der Waals surface area contributed by atoms with Crippen LogP contribution in [0, 0.1) is 0 Å². The van der Waals surface area contributed by atoms with Crippen molar-refractivity contribution in [3.05, 3.63) is 24.3 Å². The maximum absolute atomic E-state index is 6.92. The normalized spacial score (nSPS) is 11.7. The lowest BCUT2D eigenvalue weighted by Gasteiger charge is -2.31. The standard InChI is InChI=1S/C44H52B24O/c45-19-15(30(56)41(67)43-17(19)18-31(57)38(64)40(66)42(68)44(18)69-43)16-28(54)26(52)14(27(53)29(16)55)9-12-10(22(48)34(60)36(62)24(12)50)7(11-13(9)25(51)37(63)35(61)23(11)49)5-1-3-6(4-2-5)8-20(46)32(58)39(65)33(59)21(8)47/h1-4H,45-68H2. The average Bonchev–Trinajstić information content (AvgIpc) is 3.74. The molecule has 1 aromatic heterocycles. The lowest BCUT2D eigenvalue weighted by Crippen LogP contribution is -2.55. The molecule has 0 saturated heterocycles. The molecule has 1 nitrogen and oxygen atoms in total. The summed E-state index contributed by atoms with van der Waals surface area (Å²) < 4.78 is 6.92. The monoisotopic (exact) mass is 861 g/mol. The van der Waals surface area contributed by atoms with E-state index in [2.05, 4.69) is 213 Å². The minimum absolute atomic E-state index is 1.03. The summed E-state index contributed by atoms with van der Waals surface area (Å²) in [6.45, 7) is 0.